The molecule has 0 aromatic carbocycles. The summed E-state index contributed by atoms with van der Waals surface area (Å²) >= 11 is 0. The van der Waals surface area contributed by atoms with Gasteiger partial charge in [0.2, 0.25) is 5.88 Å². The van der Waals surface area contributed by atoms with Crippen LogP contribution in [0.2, 0.25) is 0 Å². The van der Waals surface area contributed by atoms with Gasteiger partial charge in [-0.2, -0.15) is 4.99 Å². The van der Waals surface area contributed by atoms with Gasteiger partial charge in [-0.05, 0) is 19.4 Å². The monoisotopic (exact) mass is 249 g/mol. The second kappa shape index (κ2) is 6.14. The molecule has 5 heteroatoms. The Balaban J connectivity index is 3.13. The first-order valence-corrected chi connectivity index (χ1v) is 5.79. The van der Waals surface area contributed by atoms with E-state index in [1.807, 2.05) is 21.0 Å². The molecule has 5 nitrogen and oxygen atoms in total. The van der Waals surface area contributed by atoms with Gasteiger partial charge in [-0.15, -0.1) is 0 Å². The third-order valence-electron chi connectivity index (χ3n) is 2.46. The lowest BCUT2D eigenvalue weighted by Crippen LogP contribution is -2.11. The lowest BCUT2D eigenvalue weighted by atomic mass is 10.1. The molecule has 1 heterocycles. The minimum Gasteiger partial charge on any atom is -0.481 e. The Morgan fingerprint density at radius 1 is 1.56 bits per heavy atom. The molecule has 18 heavy (non-hydrogen) atoms. The van der Waals surface area contributed by atoms with Crippen molar-refractivity contribution in [2.75, 3.05) is 21.2 Å². The second-order valence-corrected chi connectivity index (χ2v) is 4.16. The Morgan fingerprint density at radius 3 is 2.72 bits per heavy atom. The van der Waals surface area contributed by atoms with Crippen LogP contribution in [0.4, 0.5) is 0 Å². The predicted molar refractivity (Wildman–Crippen MR) is 71.4 cm³/mol. The molecule has 1 aromatic heterocycles. The molecule has 0 spiro atoms. The first-order chi connectivity index (χ1) is 8.49. The van der Waals surface area contributed by atoms with E-state index in [1.54, 1.807) is 25.0 Å². The summed E-state index contributed by atoms with van der Waals surface area (Å²) in [5, 5.41) is 0. The fourth-order valence-corrected chi connectivity index (χ4v) is 1.51. The number of carbonyl (C=O) groups is 1. The SMILES string of the molecule is CCc1cc(C(=O)/N=C\N(C)C)c(C)nc1OC. The highest BCUT2D eigenvalue weighted by Crippen LogP contribution is 2.20. The Hall–Kier alpha value is -1.91. The molecule has 98 valence electrons. The molecule has 0 saturated carbocycles. The van der Waals surface area contributed by atoms with Crippen LogP contribution in [0.5, 0.6) is 5.88 Å². The van der Waals surface area contributed by atoms with Crippen molar-refractivity contribution in [3.05, 3.63) is 22.9 Å². The summed E-state index contributed by atoms with van der Waals surface area (Å²) in [4.78, 5) is 21.8. The zero-order valence-corrected chi connectivity index (χ0v) is 11.5. The van der Waals surface area contributed by atoms with E-state index in [4.69, 9.17) is 4.74 Å². The number of aromatic nitrogens is 1. The molecular formula is C13H19N3O2. The van der Waals surface area contributed by atoms with Crippen molar-refractivity contribution in [1.29, 1.82) is 0 Å². The molecule has 0 bridgehead atoms. The largest absolute Gasteiger partial charge is 0.481 e. The Kier molecular flexibility index (Phi) is 4.83. The van der Waals surface area contributed by atoms with Crippen molar-refractivity contribution in [2.24, 2.45) is 4.99 Å². The first kappa shape index (κ1) is 14.2. The first-order valence-electron chi connectivity index (χ1n) is 5.79. The van der Waals surface area contributed by atoms with Gasteiger partial charge in [0.25, 0.3) is 5.91 Å². The summed E-state index contributed by atoms with van der Waals surface area (Å²) < 4.78 is 5.18. The second-order valence-electron chi connectivity index (χ2n) is 4.16. The van der Waals surface area contributed by atoms with Gasteiger partial charge >= 0.3 is 0 Å². The third kappa shape index (κ3) is 3.29. The third-order valence-corrected chi connectivity index (χ3v) is 2.46. The molecule has 0 aliphatic rings. The molecule has 1 amide bonds. The standard InChI is InChI=1S/C13H19N3O2/c1-6-10-7-11(9(2)15-13(10)18-5)12(17)14-8-16(3)4/h7-8H,6H2,1-5H3/b14-8-. The lowest BCUT2D eigenvalue weighted by Gasteiger charge is -2.09. The number of hydrogen-bond acceptors (Lipinski definition) is 3. The van der Waals surface area contributed by atoms with Crippen molar-refractivity contribution >= 4 is 12.2 Å². The number of rotatable bonds is 4. The van der Waals surface area contributed by atoms with Crippen molar-refractivity contribution in [1.82, 2.24) is 9.88 Å². The number of aliphatic imine (C=N–C) groups is 1. The topological polar surface area (TPSA) is 54.8 Å². The Labute approximate surface area is 108 Å². The van der Waals surface area contributed by atoms with Crippen LogP contribution in [0, 0.1) is 6.92 Å². The number of methoxy groups -OCH3 is 1. The molecule has 0 aliphatic carbocycles. The highest BCUT2D eigenvalue weighted by Gasteiger charge is 2.13. The van der Waals surface area contributed by atoms with E-state index in [2.05, 4.69) is 9.98 Å². The van der Waals surface area contributed by atoms with Crippen LogP contribution in [-0.2, 0) is 6.42 Å². The number of pyridine rings is 1. The summed E-state index contributed by atoms with van der Waals surface area (Å²) in [5.41, 5.74) is 2.06. The number of nitrogens with zero attached hydrogens (tertiary/aromatic N) is 3. The number of ether oxygens (including phenoxy) is 1. The maximum atomic E-state index is 11.9. The average Bonchev–Trinajstić information content (AvgIpc) is 2.35. The number of amides is 1. The van der Waals surface area contributed by atoms with Crippen molar-refractivity contribution < 1.29 is 9.53 Å². The van der Waals surface area contributed by atoms with Gasteiger partial charge in [0, 0.05) is 19.7 Å². The molecule has 0 aliphatic heterocycles. The summed E-state index contributed by atoms with van der Waals surface area (Å²) in [6, 6.07) is 1.80. The number of carbonyl (C=O) groups excluding carboxylic acids is 1. The van der Waals surface area contributed by atoms with E-state index in [0.717, 1.165) is 12.0 Å². The molecule has 1 aromatic rings. The van der Waals surface area contributed by atoms with Crippen LogP contribution in [0.15, 0.2) is 11.1 Å². The van der Waals surface area contributed by atoms with E-state index in [1.165, 1.54) is 6.34 Å². The fraction of sp³-hybridized carbons (Fsp3) is 0.462. The smallest absolute Gasteiger partial charge is 0.280 e. The fourth-order valence-electron chi connectivity index (χ4n) is 1.51. The molecule has 0 atom stereocenters. The minimum absolute atomic E-state index is 0.286. The normalized spacial score (nSPS) is 10.7. The summed E-state index contributed by atoms with van der Waals surface area (Å²) in [7, 11) is 5.20. The number of hydrogen-bond donors (Lipinski definition) is 0. The summed E-state index contributed by atoms with van der Waals surface area (Å²) in [6.07, 6.45) is 2.24. The van der Waals surface area contributed by atoms with Gasteiger partial charge in [0.1, 0.15) is 0 Å². The lowest BCUT2D eigenvalue weighted by molar-refractivity contribution is 0.100. The van der Waals surface area contributed by atoms with Gasteiger partial charge in [-0.1, -0.05) is 6.92 Å². The summed E-state index contributed by atoms with van der Waals surface area (Å²) in [6.45, 7) is 3.77. The van der Waals surface area contributed by atoms with Gasteiger partial charge in [-0.3, -0.25) is 4.79 Å². The van der Waals surface area contributed by atoms with E-state index < -0.39 is 0 Å². The van der Waals surface area contributed by atoms with Crippen molar-refractivity contribution in [3.8, 4) is 5.88 Å². The Morgan fingerprint density at radius 2 is 2.22 bits per heavy atom. The van der Waals surface area contributed by atoms with Crippen LogP contribution in [0.25, 0.3) is 0 Å². The van der Waals surface area contributed by atoms with Gasteiger partial charge in [0.15, 0.2) is 0 Å². The zero-order chi connectivity index (χ0) is 13.7. The van der Waals surface area contributed by atoms with Gasteiger partial charge in [0.05, 0.1) is 24.7 Å². The van der Waals surface area contributed by atoms with E-state index in [-0.39, 0.29) is 5.91 Å². The average molecular weight is 249 g/mol. The zero-order valence-electron chi connectivity index (χ0n) is 11.5. The van der Waals surface area contributed by atoms with Crippen molar-refractivity contribution in [3.63, 3.8) is 0 Å². The highest BCUT2D eigenvalue weighted by molar-refractivity contribution is 5.99. The van der Waals surface area contributed by atoms with Gasteiger partial charge < -0.3 is 9.64 Å². The number of aryl methyl sites for hydroxylation is 2. The minimum atomic E-state index is -0.286. The maximum absolute atomic E-state index is 11.9. The van der Waals surface area contributed by atoms with E-state index in [0.29, 0.717) is 17.1 Å². The highest BCUT2D eigenvalue weighted by atomic mass is 16.5. The van der Waals surface area contributed by atoms with E-state index >= 15 is 0 Å². The molecule has 0 radical (unpaired) electrons. The molecule has 0 fully saturated rings. The van der Waals surface area contributed by atoms with Crippen LogP contribution in [0.3, 0.4) is 0 Å². The predicted octanol–water partition coefficient (Wildman–Crippen LogP) is 1.69. The maximum Gasteiger partial charge on any atom is 0.280 e. The molecule has 1 rings (SSSR count). The molecule has 0 saturated heterocycles. The summed E-state index contributed by atoms with van der Waals surface area (Å²) in [5.74, 6) is 0.286. The van der Waals surface area contributed by atoms with Crippen LogP contribution in [0.1, 0.15) is 28.5 Å². The quantitative estimate of drug-likeness (QED) is 0.602. The van der Waals surface area contributed by atoms with Crippen LogP contribution >= 0.6 is 0 Å². The van der Waals surface area contributed by atoms with Crippen LogP contribution < -0.4 is 4.74 Å². The Bertz CT molecular complexity index is 468. The van der Waals surface area contributed by atoms with E-state index in [9.17, 15) is 4.79 Å². The molecule has 0 unspecified atom stereocenters. The van der Waals surface area contributed by atoms with Crippen molar-refractivity contribution in [2.45, 2.75) is 20.3 Å². The molecule has 0 N–H and O–H groups in total. The molecular weight excluding hydrogens is 230 g/mol. The van der Waals surface area contributed by atoms with Crippen LogP contribution in [-0.4, -0.2) is 43.3 Å². The van der Waals surface area contributed by atoms with Gasteiger partial charge in [-0.25, -0.2) is 4.98 Å².